The van der Waals surface area contributed by atoms with Crippen molar-refractivity contribution in [2.75, 3.05) is 0 Å². The minimum absolute atomic E-state index is 0.0798. The lowest BCUT2D eigenvalue weighted by molar-refractivity contribution is 0.625. The molecule has 6 heteroatoms. The lowest BCUT2D eigenvalue weighted by Crippen LogP contribution is -2.27. The molecule has 0 bridgehead atoms. The van der Waals surface area contributed by atoms with Crippen molar-refractivity contribution in [1.29, 1.82) is 0 Å². The van der Waals surface area contributed by atoms with Crippen molar-refractivity contribution in [1.82, 2.24) is 10.2 Å². The first kappa shape index (κ1) is 12.6. The largest absolute Gasteiger partial charge is 0.310 e. The fraction of sp³-hybridized carbons (Fsp3) is 0.167. The quantitative estimate of drug-likeness (QED) is 0.831. The van der Waals surface area contributed by atoms with E-state index < -0.39 is 16.8 Å². The zero-order valence-electron chi connectivity index (χ0n) is 9.30. The van der Waals surface area contributed by atoms with E-state index in [1.54, 1.807) is 6.07 Å². The number of H-pyrrole nitrogens is 2. The highest BCUT2D eigenvalue weighted by molar-refractivity contribution is 6.30. The molecule has 0 saturated heterocycles. The number of rotatable bonds is 3. The van der Waals surface area contributed by atoms with Gasteiger partial charge in [0, 0.05) is 11.8 Å². The molecule has 0 saturated carbocycles. The van der Waals surface area contributed by atoms with E-state index >= 15 is 0 Å². The predicted octanol–water partition coefficient (Wildman–Crippen LogP) is 1.64. The van der Waals surface area contributed by atoms with Gasteiger partial charge < -0.3 is 5.10 Å². The lowest BCUT2D eigenvalue weighted by Gasteiger charge is -2.03. The summed E-state index contributed by atoms with van der Waals surface area (Å²) in [4.78, 5) is 22.0. The van der Waals surface area contributed by atoms with Crippen molar-refractivity contribution in [3.63, 3.8) is 0 Å². The van der Waals surface area contributed by atoms with Crippen LogP contribution >= 0.6 is 11.6 Å². The van der Waals surface area contributed by atoms with Crippen LogP contribution in [0.4, 0.5) is 4.39 Å². The molecule has 4 nitrogen and oxygen atoms in total. The van der Waals surface area contributed by atoms with Gasteiger partial charge in [-0.1, -0.05) is 17.7 Å². The highest BCUT2D eigenvalue weighted by Gasteiger charge is 2.03. The molecule has 2 N–H and O–H groups in total. The van der Waals surface area contributed by atoms with Crippen molar-refractivity contribution in [3.05, 3.63) is 66.9 Å². The zero-order chi connectivity index (χ0) is 13.1. The highest BCUT2D eigenvalue weighted by atomic mass is 35.5. The van der Waals surface area contributed by atoms with Crippen LogP contribution in [-0.4, -0.2) is 10.2 Å². The van der Waals surface area contributed by atoms with E-state index in [0.717, 1.165) is 5.56 Å². The van der Waals surface area contributed by atoms with E-state index in [0.29, 0.717) is 18.5 Å². The monoisotopic (exact) mass is 268 g/mol. The van der Waals surface area contributed by atoms with Crippen molar-refractivity contribution in [2.24, 2.45) is 0 Å². The number of hydrogen-bond acceptors (Lipinski definition) is 2. The SMILES string of the molecule is O=c1cc(CCc2ccc(Cl)c(F)c2)[nH][nH]c1=O. The standard InChI is InChI=1S/C12H10ClFN2O2/c13-9-4-2-7(5-10(9)14)1-3-8-6-11(17)12(18)16-15-8/h2,4-6H,1,3H2,(H,15,17)(H,16,18). The van der Waals surface area contributed by atoms with E-state index in [9.17, 15) is 14.0 Å². The van der Waals surface area contributed by atoms with Crippen LogP contribution in [0.3, 0.4) is 0 Å². The van der Waals surface area contributed by atoms with Gasteiger partial charge in [0.05, 0.1) is 5.02 Å². The number of hydrogen-bond donors (Lipinski definition) is 2. The van der Waals surface area contributed by atoms with E-state index in [1.165, 1.54) is 18.2 Å². The van der Waals surface area contributed by atoms with Crippen molar-refractivity contribution < 1.29 is 4.39 Å². The maximum Gasteiger partial charge on any atom is 0.310 e. The molecule has 0 atom stereocenters. The molecular weight excluding hydrogens is 259 g/mol. The Hall–Kier alpha value is -1.88. The van der Waals surface area contributed by atoms with Gasteiger partial charge in [0.25, 0.3) is 0 Å². The van der Waals surface area contributed by atoms with Gasteiger partial charge in [-0.15, -0.1) is 0 Å². The number of aromatic nitrogens is 2. The Labute approximate surface area is 106 Å². The normalized spacial score (nSPS) is 10.6. The van der Waals surface area contributed by atoms with E-state index in [1.807, 2.05) is 0 Å². The third kappa shape index (κ3) is 2.87. The molecule has 94 valence electrons. The molecule has 0 amide bonds. The number of halogens is 2. The molecule has 1 aromatic heterocycles. The molecular formula is C12H10ClFN2O2. The average Bonchev–Trinajstić information content (AvgIpc) is 2.35. The summed E-state index contributed by atoms with van der Waals surface area (Å²) in [6.45, 7) is 0. The molecule has 18 heavy (non-hydrogen) atoms. The minimum Gasteiger partial charge on any atom is -0.302 e. The fourth-order valence-corrected chi connectivity index (χ4v) is 1.68. The topological polar surface area (TPSA) is 65.7 Å². The summed E-state index contributed by atoms with van der Waals surface area (Å²) < 4.78 is 13.2. The third-order valence-corrected chi connectivity index (χ3v) is 2.84. The highest BCUT2D eigenvalue weighted by Crippen LogP contribution is 2.16. The van der Waals surface area contributed by atoms with Crippen molar-refractivity contribution >= 4 is 11.6 Å². The van der Waals surface area contributed by atoms with Crippen LogP contribution in [0, 0.1) is 5.82 Å². The predicted molar refractivity (Wildman–Crippen MR) is 66.5 cm³/mol. The average molecular weight is 269 g/mol. The van der Waals surface area contributed by atoms with Crippen molar-refractivity contribution in [3.8, 4) is 0 Å². The van der Waals surface area contributed by atoms with Crippen LogP contribution in [0.15, 0.2) is 33.9 Å². The van der Waals surface area contributed by atoms with Crippen LogP contribution in [0.25, 0.3) is 0 Å². The Bertz CT molecular complexity index is 678. The molecule has 0 aliphatic rings. The summed E-state index contributed by atoms with van der Waals surface area (Å²) in [5, 5.41) is 4.93. The molecule has 0 aliphatic carbocycles. The second-order valence-electron chi connectivity index (χ2n) is 3.86. The van der Waals surface area contributed by atoms with Gasteiger partial charge in [-0.3, -0.25) is 14.7 Å². The van der Waals surface area contributed by atoms with Gasteiger partial charge in [0.15, 0.2) is 0 Å². The molecule has 0 spiro atoms. The Morgan fingerprint density at radius 3 is 2.56 bits per heavy atom. The van der Waals surface area contributed by atoms with Crippen LogP contribution in [0.2, 0.25) is 5.02 Å². The Morgan fingerprint density at radius 2 is 1.89 bits per heavy atom. The Kier molecular flexibility index (Phi) is 3.62. The third-order valence-electron chi connectivity index (χ3n) is 2.53. The smallest absolute Gasteiger partial charge is 0.302 e. The summed E-state index contributed by atoms with van der Waals surface area (Å²) in [6, 6.07) is 5.80. The molecule has 1 heterocycles. The molecule has 2 rings (SSSR count). The molecule has 0 aliphatic heterocycles. The number of benzene rings is 1. The molecule has 0 fully saturated rings. The summed E-state index contributed by atoms with van der Waals surface area (Å²) in [5.74, 6) is -0.468. The van der Waals surface area contributed by atoms with Gasteiger partial charge in [-0.2, -0.15) is 0 Å². The van der Waals surface area contributed by atoms with Gasteiger partial charge in [-0.05, 0) is 30.5 Å². The summed E-state index contributed by atoms with van der Waals surface area (Å²) in [7, 11) is 0. The number of aryl methyl sites for hydroxylation is 2. The van der Waals surface area contributed by atoms with Gasteiger partial charge >= 0.3 is 5.56 Å². The van der Waals surface area contributed by atoms with E-state index in [-0.39, 0.29) is 5.02 Å². The van der Waals surface area contributed by atoms with E-state index in [4.69, 9.17) is 11.6 Å². The molecule has 0 unspecified atom stereocenters. The number of aromatic amines is 2. The van der Waals surface area contributed by atoms with Gasteiger partial charge in [0.2, 0.25) is 5.43 Å². The van der Waals surface area contributed by atoms with Gasteiger partial charge in [-0.25, -0.2) is 4.39 Å². The first-order valence-electron chi connectivity index (χ1n) is 5.31. The second-order valence-corrected chi connectivity index (χ2v) is 4.27. The Morgan fingerprint density at radius 1 is 1.11 bits per heavy atom. The molecule has 2 aromatic rings. The number of nitrogens with one attached hydrogen (secondary N) is 2. The van der Waals surface area contributed by atoms with Crippen molar-refractivity contribution in [2.45, 2.75) is 12.8 Å². The van der Waals surface area contributed by atoms with Crippen LogP contribution < -0.4 is 11.0 Å². The maximum absolute atomic E-state index is 13.2. The minimum atomic E-state index is -0.684. The summed E-state index contributed by atoms with van der Waals surface area (Å²) in [6.07, 6.45) is 1.03. The van der Waals surface area contributed by atoms with Crippen LogP contribution in [0.1, 0.15) is 11.3 Å². The van der Waals surface area contributed by atoms with Crippen LogP contribution in [0.5, 0.6) is 0 Å². The molecule has 1 aromatic carbocycles. The molecule has 0 radical (unpaired) electrons. The fourth-order valence-electron chi connectivity index (χ4n) is 1.57. The first-order valence-corrected chi connectivity index (χ1v) is 5.69. The zero-order valence-corrected chi connectivity index (χ0v) is 10.1. The van der Waals surface area contributed by atoms with Crippen LogP contribution in [-0.2, 0) is 12.8 Å². The lowest BCUT2D eigenvalue weighted by atomic mass is 10.1. The van der Waals surface area contributed by atoms with E-state index in [2.05, 4.69) is 10.2 Å². The summed E-state index contributed by atoms with van der Waals surface area (Å²) in [5.41, 5.74) is 0.0845. The van der Waals surface area contributed by atoms with Gasteiger partial charge in [0.1, 0.15) is 5.82 Å². The second kappa shape index (κ2) is 5.18. The Balaban J connectivity index is 2.11. The first-order chi connectivity index (χ1) is 8.56. The maximum atomic E-state index is 13.2. The summed E-state index contributed by atoms with van der Waals surface area (Å²) >= 11 is 5.57.